The summed E-state index contributed by atoms with van der Waals surface area (Å²) in [7, 11) is 0. The smallest absolute Gasteiger partial charge is 0.366 e. The molecule has 3 atom stereocenters. The maximum atomic E-state index is 15.5. The van der Waals surface area contributed by atoms with Gasteiger partial charge < -0.3 is 10.6 Å². The number of nitrogens with zero attached hydrogens (tertiary/aromatic N) is 1. The number of primary amides is 1. The number of alkyl halides is 3. The first-order valence-corrected chi connectivity index (χ1v) is 10.4. The zero-order chi connectivity index (χ0) is 24.9. The molecular weight excluding hydrogens is 482 g/mol. The number of benzene rings is 2. The van der Waals surface area contributed by atoms with Crippen molar-refractivity contribution in [3.63, 3.8) is 0 Å². The molecule has 4 amide bonds. The van der Waals surface area contributed by atoms with Crippen LogP contribution in [0.2, 0.25) is 5.02 Å². The molecule has 178 valence electrons. The predicted molar refractivity (Wildman–Crippen MR) is 110 cm³/mol. The van der Waals surface area contributed by atoms with Gasteiger partial charge in [-0.1, -0.05) is 29.8 Å². The minimum absolute atomic E-state index is 0.235. The number of nitrogens with two attached hydrogens (primary N) is 1. The van der Waals surface area contributed by atoms with Crippen LogP contribution in [0.4, 0.5) is 17.6 Å². The van der Waals surface area contributed by atoms with E-state index in [1.807, 2.05) is 5.32 Å². The van der Waals surface area contributed by atoms with Crippen LogP contribution in [0, 0.1) is 5.82 Å². The first-order chi connectivity index (χ1) is 15.9. The van der Waals surface area contributed by atoms with E-state index in [1.165, 1.54) is 18.2 Å². The molecule has 2 aromatic rings. The lowest BCUT2D eigenvalue weighted by molar-refractivity contribution is -0.167. The van der Waals surface area contributed by atoms with Crippen LogP contribution in [0.1, 0.15) is 56.6 Å². The average Bonchev–Trinajstić information content (AvgIpc) is 3.02. The molecule has 7 nitrogen and oxygen atoms in total. The molecule has 0 spiro atoms. The van der Waals surface area contributed by atoms with E-state index >= 15 is 4.39 Å². The summed E-state index contributed by atoms with van der Waals surface area (Å²) >= 11 is 6.07. The quantitative estimate of drug-likeness (QED) is 0.499. The van der Waals surface area contributed by atoms with E-state index in [2.05, 4.69) is 0 Å². The van der Waals surface area contributed by atoms with Crippen LogP contribution in [-0.4, -0.2) is 40.7 Å². The van der Waals surface area contributed by atoms with Gasteiger partial charge in [-0.05, 0) is 30.2 Å². The van der Waals surface area contributed by atoms with Gasteiger partial charge >= 0.3 is 6.18 Å². The second-order valence-electron chi connectivity index (χ2n) is 7.92. The average molecular weight is 498 g/mol. The Morgan fingerprint density at radius 2 is 1.82 bits per heavy atom. The van der Waals surface area contributed by atoms with Gasteiger partial charge in [-0.15, -0.1) is 0 Å². The Morgan fingerprint density at radius 1 is 1.15 bits per heavy atom. The fourth-order valence-corrected chi connectivity index (χ4v) is 4.78. The number of rotatable bonds is 4. The molecule has 0 aromatic heterocycles. The highest BCUT2D eigenvalue weighted by atomic mass is 35.5. The number of carbonyl (C=O) groups is 4. The third kappa shape index (κ3) is 3.79. The Bertz CT molecular complexity index is 1230. The topological polar surface area (TPSA) is 110 Å². The van der Waals surface area contributed by atoms with E-state index in [1.54, 1.807) is 0 Å². The van der Waals surface area contributed by atoms with Crippen molar-refractivity contribution in [2.45, 2.75) is 37.0 Å². The molecule has 12 heteroatoms. The minimum atomic E-state index is -5.06. The molecule has 0 bridgehead atoms. The molecule has 2 aliphatic rings. The van der Waals surface area contributed by atoms with Gasteiger partial charge in [-0.3, -0.25) is 24.5 Å². The van der Waals surface area contributed by atoms with Crippen molar-refractivity contribution in [1.82, 2.24) is 10.2 Å². The first-order valence-electron chi connectivity index (χ1n) is 10.0. The summed E-state index contributed by atoms with van der Waals surface area (Å²) in [6.07, 6.45) is -5.56. The molecule has 3 N–H and O–H groups in total. The Labute approximate surface area is 194 Å². The predicted octanol–water partition coefficient (Wildman–Crippen LogP) is 3.23. The standard InChI is InChI=1S/C22H16ClF4N3O4/c23-12-4-2-1-3-9(12)16(22(25,26)27)18-15-10(5-6-11(17(15)24)19(28)32)21(34)30(18)13-7-8-14(31)29-20(13)33/h1-6,13,16,18H,7-8H2,(H2,28,32)(H,29,31,33)/t13?,16-,18?/m1/s1. The van der Waals surface area contributed by atoms with Gasteiger partial charge in [0.05, 0.1) is 11.6 Å². The van der Waals surface area contributed by atoms with Crippen LogP contribution in [0.25, 0.3) is 0 Å². The number of piperidine rings is 1. The van der Waals surface area contributed by atoms with E-state index in [9.17, 15) is 32.3 Å². The van der Waals surface area contributed by atoms with Crippen LogP contribution in [-0.2, 0) is 9.59 Å². The van der Waals surface area contributed by atoms with Crippen molar-refractivity contribution >= 4 is 35.2 Å². The van der Waals surface area contributed by atoms with Crippen molar-refractivity contribution in [3.05, 3.63) is 69.5 Å². The number of halogens is 5. The monoisotopic (exact) mass is 497 g/mol. The molecule has 2 unspecified atom stereocenters. The second kappa shape index (κ2) is 8.39. The zero-order valence-corrected chi connectivity index (χ0v) is 17.9. The summed E-state index contributed by atoms with van der Waals surface area (Å²) in [4.78, 5) is 49.8. The number of nitrogens with one attached hydrogen (secondary N) is 1. The van der Waals surface area contributed by atoms with Crippen LogP contribution < -0.4 is 11.1 Å². The third-order valence-corrected chi connectivity index (χ3v) is 6.30. The van der Waals surface area contributed by atoms with Gasteiger partial charge in [0.2, 0.25) is 11.8 Å². The second-order valence-corrected chi connectivity index (χ2v) is 8.32. The van der Waals surface area contributed by atoms with Crippen LogP contribution in [0.5, 0.6) is 0 Å². The summed E-state index contributed by atoms with van der Waals surface area (Å²) in [5.74, 6) is -7.88. The van der Waals surface area contributed by atoms with Crippen molar-refractivity contribution in [2.24, 2.45) is 5.73 Å². The van der Waals surface area contributed by atoms with E-state index in [0.29, 0.717) is 4.90 Å². The van der Waals surface area contributed by atoms with E-state index < -0.39 is 75.9 Å². The summed E-state index contributed by atoms with van der Waals surface area (Å²) in [5, 5.41) is 1.71. The highest BCUT2D eigenvalue weighted by Crippen LogP contribution is 2.53. The van der Waals surface area contributed by atoms with Gasteiger partial charge in [0.15, 0.2) is 0 Å². The summed E-state index contributed by atoms with van der Waals surface area (Å²) in [6, 6.07) is 3.30. The Hall–Kier alpha value is -3.47. The molecule has 2 aromatic carbocycles. The first kappa shape index (κ1) is 23.7. The van der Waals surface area contributed by atoms with Crippen molar-refractivity contribution in [2.75, 3.05) is 0 Å². The van der Waals surface area contributed by atoms with E-state index in [-0.39, 0.29) is 17.9 Å². The van der Waals surface area contributed by atoms with E-state index in [0.717, 1.165) is 18.2 Å². The Kier molecular flexibility index (Phi) is 5.84. The molecule has 2 aliphatic heterocycles. The fraction of sp³-hybridized carbons (Fsp3) is 0.273. The summed E-state index contributed by atoms with van der Waals surface area (Å²) in [6.45, 7) is 0. The number of imide groups is 1. The van der Waals surface area contributed by atoms with Crippen molar-refractivity contribution < 1.29 is 36.7 Å². The Morgan fingerprint density at radius 3 is 2.41 bits per heavy atom. The molecule has 2 heterocycles. The number of hydrogen-bond donors (Lipinski definition) is 2. The molecule has 4 rings (SSSR count). The minimum Gasteiger partial charge on any atom is -0.366 e. The van der Waals surface area contributed by atoms with Gasteiger partial charge in [-0.25, -0.2) is 4.39 Å². The third-order valence-electron chi connectivity index (χ3n) is 5.96. The summed E-state index contributed by atoms with van der Waals surface area (Å²) in [5.41, 5.74) is 2.86. The lowest BCUT2D eigenvalue weighted by Crippen LogP contribution is -2.55. The van der Waals surface area contributed by atoms with Crippen molar-refractivity contribution in [3.8, 4) is 0 Å². The molecule has 0 saturated carbocycles. The molecule has 1 fully saturated rings. The summed E-state index contributed by atoms with van der Waals surface area (Å²) < 4.78 is 59.2. The zero-order valence-electron chi connectivity index (χ0n) is 17.2. The molecule has 0 radical (unpaired) electrons. The number of hydrogen-bond acceptors (Lipinski definition) is 4. The number of fused-ring (bicyclic) bond motifs is 1. The van der Waals surface area contributed by atoms with Crippen LogP contribution in [0.15, 0.2) is 36.4 Å². The van der Waals surface area contributed by atoms with Crippen molar-refractivity contribution in [1.29, 1.82) is 0 Å². The lowest BCUT2D eigenvalue weighted by atomic mass is 9.84. The SMILES string of the molecule is NC(=O)c1ccc2c(c1F)C([C@@H](c1ccccc1Cl)C(F)(F)F)N(C1CCC(=O)NC1=O)C2=O. The highest BCUT2D eigenvalue weighted by molar-refractivity contribution is 6.31. The molecule has 34 heavy (non-hydrogen) atoms. The maximum Gasteiger partial charge on any atom is 0.398 e. The number of amides is 4. The van der Waals surface area contributed by atoms with Gasteiger partial charge in [0, 0.05) is 22.6 Å². The van der Waals surface area contributed by atoms with Gasteiger partial charge in [-0.2, -0.15) is 13.2 Å². The van der Waals surface area contributed by atoms with Gasteiger partial charge in [0.1, 0.15) is 17.8 Å². The number of carbonyl (C=O) groups excluding carboxylic acids is 4. The lowest BCUT2D eigenvalue weighted by Gasteiger charge is -2.39. The van der Waals surface area contributed by atoms with Gasteiger partial charge in [0.25, 0.3) is 11.8 Å². The highest BCUT2D eigenvalue weighted by Gasteiger charge is 2.57. The largest absolute Gasteiger partial charge is 0.398 e. The molecule has 1 saturated heterocycles. The normalized spacial score (nSPS) is 21.3. The van der Waals surface area contributed by atoms with Crippen LogP contribution in [0.3, 0.4) is 0 Å². The molecular formula is C22H16ClF4N3O4. The maximum absolute atomic E-state index is 15.5. The van der Waals surface area contributed by atoms with E-state index in [4.69, 9.17) is 17.3 Å². The van der Waals surface area contributed by atoms with Crippen LogP contribution >= 0.6 is 11.6 Å². The Balaban J connectivity index is 2.00. The fourth-order valence-electron chi connectivity index (χ4n) is 4.53. The molecule has 0 aliphatic carbocycles.